The number of benzene rings is 1. The first-order valence-corrected chi connectivity index (χ1v) is 5.03. The zero-order valence-corrected chi connectivity index (χ0v) is 8.98. The number of imidazole rings is 1. The van der Waals surface area contributed by atoms with Crippen LogP contribution in [0.25, 0.3) is 11.0 Å². The molecule has 0 atom stereocenters. The fourth-order valence-electron chi connectivity index (χ4n) is 1.23. The molecule has 0 bridgehead atoms. The third kappa shape index (κ3) is 1.51. The van der Waals surface area contributed by atoms with E-state index in [4.69, 9.17) is 17.3 Å². The number of nitrogens with zero attached hydrogens (tertiary/aromatic N) is 1. The molecular weight excluding hydrogens is 253 g/mol. The normalized spacial score (nSPS) is 10.9. The molecule has 0 saturated carbocycles. The minimum atomic E-state index is 0.419. The number of aromatic nitrogens is 2. The molecule has 3 N–H and O–H groups in total. The van der Waals surface area contributed by atoms with Gasteiger partial charge in [0.05, 0.1) is 5.52 Å². The molecule has 0 amide bonds. The van der Waals surface area contributed by atoms with Crippen molar-refractivity contribution in [3.8, 4) is 0 Å². The summed E-state index contributed by atoms with van der Waals surface area (Å²) in [6, 6.07) is 3.88. The van der Waals surface area contributed by atoms with Crippen LogP contribution in [-0.2, 0) is 5.88 Å². The molecule has 1 heterocycles. The van der Waals surface area contributed by atoms with Crippen LogP contribution in [0.15, 0.2) is 16.6 Å². The number of alkyl halides is 1. The van der Waals surface area contributed by atoms with Crippen LogP contribution in [-0.4, -0.2) is 9.97 Å². The number of fused-ring (bicyclic) bond motifs is 1. The van der Waals surface area contributed by atoms with Crippen LogP contribution < -0.4 is 5.73 Å². The molecule has 0 fully saturated rings. The van der Waals surface area contributed by atoms with Crippen molar-refractivity contribution in [3.05, 3.63) is 22.2 Å². The van der Waals surface area contributed by atoms with Crippen molar-refractivity contribution in [1.82, 2.24) is 9.97 Å². The Morgan fingerprint density at radius 1 is 1.54 bits per heavy atom. The summed E-state index contributed by atoms with van der Waals surface area (Å²) in [7, 11) is 0. The molecule has 0 radical (unpaired) electrons. The van der Waals surface area contributed by atoms with Gasteiger partial charge in [0.2, 0.25) is 0 Å². The third-order valence-electron chi connectivity index (χ3n) is 1.77. The minimum absolute atomic E-state index is 0.419. The van der Waals surface area contributed by atoms with Crippen molar-refractivity contribution in [2.45, 2.75) is 5.88 Å². The number of hydrogen-bond donors (Lipinski definition) is 2. The quantitative estimate of drug-likeness (QED) is 0.775. The van der Waals surface area contributed by atoms with Gasteiger partial charge in [-0.3, -0.25) is 0 Å². The van der Waals surface area contributed by atoms with E-state index in [-0.39, 0.29) is 0 Å². The molecule has 3 nitrogen and oxygen atoms in total. The first kappa shape index (κ1) is 8.84. The zero-order chi connectivity index (χ0) is 9.42. The Balaban J connectivity index is 2.75. The Labute approximate surface area is 88.4 Å². The maximum absolute atomic E-state index is 5.72. The third-order valence-corrected chi connectivity index (χ3v) is 2.69. The second-order valence-electron chi connectivity index (χ2n) is 2.73. The van der Waals surface area contributed by atoms with Crippen molar-refractivity contribution >= 4 is 44.5 Å². The Morgan fingerprint density at radius 2 is 2.31 bits per heavy atom. The monoisotopic (exact) mass is 259 g/mol. The van der Waals surface area contributed by atoms with Gasteiger partial charge >= 0.3 is 0 Å². The summed E-state index contributed by atoms with van der Waals surface area (Å²) < 4.78 is 0.911. The topological polar surface area (TPSA) is 54.7 Å². The average molecular weight is 261 g/mol. The molecular formula is C8H7BrClN3. The number of nitrogen functional groups attached to an aromatic ring is 1. The summed E-state index contributed by atoms with van der Waals surface area (Å²) in [6.45, 7) is 0. The molecule has 0 aliphatic heterocycles. The van der Waals surface area contributed by atoms with Crippen LogP contribution in [0.1, 0.15) is 5.56 Å². The summed E-state index contributed by atoms with van der Waals surface area (Å²) in [5.74, 6) is 0.899. The summed E-state index contributed by atoms with van der Waals surface area (Å²) in [6.07, 6.45) is 0. The lowest BCUT2D eigenvalue weighted by Gasteiger charge is -1.97. The summed E-state index contributed by atoms with van der Waals surface area (Å²) in [5, 5.41) is 0. The lowest BCUT2D eigenvalue weighted by atomic mass is 10.2. The minimum Gasteiger partial charge on any atom is -0.369 e. The smallest absolute Gasteiger partial charge is 0.198 e. The van der Waals surface area contributed by atoms with E-state index in [9.17, 15) is 0 Å². The van der Waals surface area contributed by atoms with E-state index in [2.05, 4.69) is 25.9 Å². The first-order valence-electron chi connectivity index (χ1n) is 3.70. The van der Waals surface area contributed by atoms with E-state index in [1.807, 2.05) is 12.1 Å². The molecule has 13 heavy (non-hydrogen) atoms. The van der Waals surface area contributed by atoms with Crippen molar-refractivity contribution in [1.29, 1.82) is 0 Å². The molecule has 0 aliphatic rings. The Hall–Kier alpha value is -0.740. The van der Waals surface area contributed by atoms with Crippen molar-refractivity contribution in [2.24, 2.45) is 0 Å². The van der Waals surface area contributed by atoms with Crippen LogP contribution >= 0.6 is 27.5 Å². The van der Waals surface area contributed by atoms with Gasteiger partial charge in [0.15, 0.2) is 5.95 Å². The Kier molecular flexibility index (Phi) is 2.17. The lowest BCUT2D eigenvalue weighted by molar-refractivity contribution is 1.35. The van der Waals surface area contributed by atoms with Crippen LogP contribution in [0.3, 0.4) is 0 Å². The Morgan fingerprint density at radius 3 is 3.00 bits per heavy atom. The number of halogens is 2. The first-order chi connectivity index (χ1) is 6.20. The zero-order valence-electron chi connectivity index (χ0n) is 6.64. The highest BCUT2D eigenvalue weighted by molar-refractivity contribution is 9.10. The van der Waals surface area contributed by atoms with Gasteiger partial charge in [0.25, 0.3) is 0 Å². The maximum atomic E-state index is 5.72. The standard InChI is InChI=1S/C8H7BrClN3/c9-5-1-4(3-10)2-6-7(5)13-8(11)12-6/h1-2H,3H2,(H3,11,12,13). The second-order valence-corrected chi connectivity index (χ2v) is 3.85. The molecule has 0 aliphatic carbocycles. The van der Waals surface area contributed by atoms with Crippen LogP contribution in [0.5, 0.6) is 0 Å². The molecule has 5 heteroatoms. The van der Waals surface area contributed by atoms with E-state index in [1.165, 1.54) is 0 Å². The summed E-state index contributed by atoms with van der Waals surface area (Å²) in [4.78, 5) is 7.07. The average Bonchev–Trinajstić information content (AvgIpc) is 2.46. The van der Waals surface area contributed by atoms with E-state index in [1.54, 1.807) is 0 Å². The summed E-state index contributed by atoms with van der Waals surface area (Å²) in [5.41, 5.74) is 8.31. The molecule has 0 spiro atoms. The second kappa shape index (κ2) is 3.20. The van der Waals surface area contributed by atoms with Crippen LogP contribution in [0.2, 0.25) is 0 Å². The van der Waals surface area contributed by atoms with Crippen molar-refractivity contribution in [3.63, 3.8) is 0 Å². The van der Waals surface area contributed by atoms with E-state index in [0.717, 1.165) is 21.1 Å². The van der Waals surface area contributed by atoms with Gasteiger partial charge in [0, 0.05) is 10.4 Å². The van der Waals surface area contributed by atoms with E-state index in [0.29, 0.717) is 11.8 Å². The van der Waals surface area contributed by atoms with Crippen LogP contribution in [0, 0.1) is 0 Å². The fraction of sp³-hybridized carbons (Fsp3) is 0.125. The molecule has 1 aromatic heterocycles. The van der Waals surface area contributed by atoms with Crippen molar-refractivity contribution < 1.29 is 0 Å². The van der Waals surface area contributed by atoms with Gasteiger partial charge in [-0.1, -0.05) is 0 Å². The largest absolute Gasteiger partial charge is 0.369 e. The number of H-pyrrole nitrogens is 1. The SMILES string of the molecule is Nc1nc2c(Br)cc(CCl)cc2[nH]1. The van der Waals surface area contributed by atoms with Gasteiger partial charge in [-0.15, -0.1) is 11.6 Å². The van der Waals surface area contributed by atoms with Crippen molar-refractivity contribution in [2.75, 3.05) is 5.73 Å². The number of nitrogens with two attached hydrogens (primary N) is 1. The molecule has 2 aromatic rings. The number of nitrogens with one attached hydrogen (secondary N) is 1. The Bertz CT molecular complexity index is 452. The number of rotatable bonds is 1. The van der Waals surface area contributed by atoms with Gasteiger partial charge in [-0.2, -0.15) is 0 Å². The number of anilines is 1. The maximum Gasteiger partial charge on any atom is 0.198 e. The lowest BCUT2D eigenvalue weighted by Crippen LogP contribution is -1.84. The van der Waals surface area contributed by atoms with E-state index >= 15 is 0 Å². The number of aromatic amines is 1. The molecule has 0 unspecified atom stereocenters. The van der Waals surface area contributed by atoms with Gasteiger partial charge in [-0.25, -0.2) is 4.98 Å². The predicted octanol–water partition coefficient (Wildman–Crippen LogP) is 2.65. The van der Waals surface area contributed by atoms with E-state index < -0.39 is 0 Å². The highest BCUT2D eigenvalue weighted by atomic mass is 79.9. The van der Waals surface area contributed by atoms with Crippen LogP contribution in [0.4, 0.5) is 5.95 Å². The molecule has 0 saturated heterocycles. The highest BCUT2D eigenvalue weighted by Gasteiger charge is 2.05. The summed E-state index contributed by atoms with van der Waals surface area (Å²) >= 11 is 9.12. The molecule has 2 rings (SSSR count). The molecule has 68 valence electrons. The fourth-order valence-corrected chi connectivity index (χ4v) is 1.98. The highest BCUT2D eigenvalue weighted by Crippen LogP contribution is 2.25. The van der Waals surface area contributed by atoms with Gasteiger partial charge in [-0.05, 0) is 33.6 Å². The van der Waals surface area contributed by atoms with Gasteiger partial charge in [0.1, 0.15) is 5.52 Å². The van der Waals surface area contributed by atoms with Gasteiger partial charge < -0.3 is 10.7 Å². The predicted molar refractivity (Wildman–Crippen MR) is 57.8 cm³/mol. The number of hydrogen-bond acceptors (Lipinski definition) is 2. The molecule has 1 aromatic carbocycles.